The monoisotopic (exact) mass is 346 g/mol. The Morgan fingerprint density at radius 3 is 2.52 bits per heavy atom. The Morgan fingerprint density at radius 2 is 1.86 bits per heavy atom. The van der Waals surface area contributed by atoms with Gasteiger partial charge in [-0.05, 0) is 45.8 Å². The summed E-state index contributed by atoms with van der Waals surface area (Å²) >= 11 is 3.48. The van der Waals surface area contributed by atoms with Gasteiger partial charge in [0.05, 0.1) is 29.2 Å². The third-order valence-electron chi connectivity index (χ3n) is 3.61. The zero-order valence-corrected chi connectivity index (χ0v) is 13.4. The minimum Gasteiger partial charge on any atom is -0.496 e. The fourth-order valence-electron chi connectivity index (χ4n) is 2.51. The number of aryl methyl sites for hydroxylation is 1. The van der Waals surface area contributed by atoms with Crippen LogP contribution in [0.3, 0.4) is 0 Å². The predicted octanol–water partition coefficient (Wildman–Crippen LogP) is 3.16. The van der Waals surface area contributed by atoms with Gasteiger partial charge in [0, 0.05) is 7.05 Å². The molecule has 21 heavy (non-hydrogen) atoms. The molecular formula is C16H15BrN2O2. The number of rotatable bonds is 3. The van der Waals surface area contributed by atoms with Crippen LogP contribution in [0.1, 0.15) is 5.56 Å². The summed E-state index contributed by atoms with van der Waals surface area (Å²) in [5, 5.41) is 0. The molecule has 4 nitrogen and oxygen atoms in total. The normalized spacial score (nSPS) is 11.0. The second-order valence-corrected chi connectivity index (χ2v) is 5.74. The summed E-state index contributed by atoms with van der Waals surface area (Å²) in [5.41, 5.74) is 2.91. The number of fused-ring (bicyclic) bond motifs is 1. The minimum atomic E-state index is -0.0110. The van der Waals surface area contributed by atoms with E-state index in [1.165, 1.54) is 0 Å². The number of halogens is 1. The number of ether oxygens (including phenoxy) is 1. The molecule has 0 aliphatic carbocycles. The third kappa shape index (κ3) is 2.38. The zero-order chi connectivity index (χ0) is 15.0. The first-order valence-corrected chi connectivity index (χ1v) is 7.38. The van der Waals surface area contributed by atoms with Crippen LogP contribution in [0, 0.1) is 0 Å². The molecule has 3 aromatic rings. The summed E-state index contributed by atoms with van der Waals surface area (Å²) in [5.74, 6) is 0.781. The van der Waals surface area contributed by atoms with Crippen LogP contribution in [0.25, 0.3) is 11.0 Å². The lowest BCUT2D eigenvalue weighted by Crippen LogP contribution is -2.22. The Bertz CT molecular complexity index is 864. The molecule has 0 fully saturated rings. The molecule has 108 valence electrons. The van der Waals surface area contributed by atoms with Crippen molar-refractivity contribution in [3.8, 4) is 5.75 Å². The second-order valence-electron chi connectivity index (χ2n) is 4.89. The van der Waals surface area contributed by atoms with Gasteiger partial charge in [0.2, 0.25) is 0 Å². The highest BCUT2D eigenvalue weighted by atomic mass is 79.9. The van der Waals surface area contributed by atoms with Crippen molar-refractivity contribution < 1.29 is 4.74 Å². The van der Waals surface area contributed by atoms with E-state index in [0.717, 1.165) is 26.8 Å². The van der Waals surface area contributed by atoms with Crippen LogP contribution in [0.2, 0.25) is 0 Å². The van der Waals surface area contributed by atoms with E-state index in [1.54, 1.807) is 23.3 Å². The third-order valence-corrected chi connectivity index (χ3v) is 4.23. The fourth-order valence-corrected chi connectivity index (χ4v) is 3.09. The molecule has 0 aliphatic rings. The summed E-state index contributed by atoms with van der Waals surface area (Å²) < 4.78 is 9.57. The van der Waals surface area contributed by atoms with E-state index < -0.39 is 0 Å². The van der Waals surface area contributed by atoms with Crippen LogP contribution in [0.4, 0.5) is 0 Å². The first kappa shape index (κ1) is 13.9. The Kier molecular flexibility index (Phi) is 3.59. The highest BCUT2D eigenvalue weighted by Gasteiger charge is 2.11. The first-order chi connectivity index (χ1) is 10.1. The SMILES string of the molecule is COc1ccc(Cn2c(=O)n(C)c3ccccc32)cc1Br. The minimum absolute atomic E-state index is 0.0110. The van der Waals surface area contributed by atoms with E-state index in [1.807, 2.05) is 42.5 Å². The summed E-state index contributed by atoms with van der Waals surface area (Å²) in [7, 11) is 3.43. The van der Waals surface area contributed by atoms with E-state index in [9.17, 15) is 4.79 Å². The van der Waals surface area contributed by atoms with Crippen molar-refractivity contribution in [1.29, 1.82) is 0 Å². The van der Waals surface area contributed by atoms with Gasteiger partial charge in [-0.3, -0.25) is 9.13 Å². The Labute approximate surface area is 130 Å². The van der Waals surface area contributed by atoms with Gasteiger partial charge in [0.15, 0.2) is 0 Å². The molecule has 1 heterocycles. The van der Waals surface area contributed by atoms with E-state index in [4.69, 9.17) is 4.74 Å². The van der Waals surface area contributed by atoms with Gasteiger partial charge in [-0.2, -0.15) is 0 Å². The maximum absolute atomic E-state index is 12.4. The number of methoxy groups -OCH3 is 1. The molecule has 2 aromatic carbocycles. The Hall–Kier alpha value is -2.01. The molecule has 1 aromatic heterocycles. The molecule has 5 heteroatoms. The van der Waals surface area contributed by atoms with Gasteiger partial charge >= 0.3 is 5.69 Å². The van der Waals surface area contributed by atoms with Crippen LogP contribution in [-0.2, 0) is 13.6 Å². The van der Waals surface area contributed by atoms with Gasteiger partial charge in [-0.1, -0.05) is 18.2 Å². The molecular weight excluding hydrogens is 332 g/mol. The van der Waals surface area contributed by atoms with Crippen LogP contribution < -0.4 is 10.4 Å². The van der Waals surface area contributed by atoms with Gasteiger partial charge in [-0.25, -0.2) is 4.79 Å². The molecule has 0 saturated carbocycles. The molecule has 0 N–H and O–H groups in total. The maximum Gasteiger partial charge on any atom is 0.329 e. The van der Waals surface area contributed by atoms with Crippen molar-refractivity contribution >= 4 is 27.0 Å². The van der Waals surface area contributed by atoms with Crippen molar-refractivity contribution in [1.82, 2.24) is 9.13 Å². The molecule has 0 radical (unpaired) electrons. The number of benzene rings is 2. The summed E-state index contributed by atoms with van der Waals surface area (Å²) in [6, 6.07) is 13.7. The first-order valence-electron chi connectivity index (χ1n) is 6.58. The van der Waals surface area contributed by atoms with Gasteiger partial charge in [-0.15, -0.1) is 0 Å². The largest absolute Gasteiger partial charge is 0.496 e. The number of nitrogens with zero attached hydrogens (tertiary/aromatic N) is 2. The molecule has 0 spiro atoms. The Morgan fingerprint density at radius 1 is 1.14 bits per heavy atom. The van der Waals surface area contributed by atoms with Crippen molar-refractivity contribution in [3.63, 3.8) is 0 Å². The van der Waals surface area contributed by atoms with Crippen LogP contribution in [-0.4, -0.2) is 16.2 Å². The topological polar surface area (TPSA) is 36.2 Å². The van der Waals surface area contributed by atoms with Crippen LogP contribution in [0.15, 0.2) is 51.7 Å². The number of aromatic nitrogens is 2. The highest BCUT2D eigenvalue weighted by molar-refractivity contribution is 9.10. The van der Waals surface area contributed by atoms with E-state index in [0.29, 0.717) is 6.54 Å². The van der Waals surface area contributed by atoms with Crippen LogP contribution >= 0.6 is 15.9 Å². The number of para-hydroxylation sites is 2. The molecule has 0 aliphatic heterocycles. The van der Waals surface area contributed by atoms with Crippen LogP contribution in [0.5, 0.6) is 5.75 Å². The average Bonchev–Trinajstić information content (AvgIpc) is 2.73. The molecule has 0 bridgehead atoms. The van der Waals surface area contributed by atoms with E-state index in [-0.39, 0.29) is 5.69 Å². The Balaban J connectivity index is 2.08. The second kappa shape index (κ2) is 5.41. The predicted molar refractivity (Wildman–Crippen MR) is 87.0 cm³/mol. The smallest absolute Gasteiger partial charge is 0.329 e. The standard InChI is InChI=1S/C16H15BrN2O2/c1-18-13-5-3-4-6-14(13)19(16(18)20)10-11-7-8-15(21-2)12(17)9-11/h3-9H,10H2,1-2H3. The van der Waals surface area contributed by atoms with Crippen molar-refractivity contribution in [2.45, 2.75) is 6.54 Å². The average molecular weight is 347 g/mol. The maximum atomic E-state index is 12.4. The number of hydrogen-bond acceptors (Lipinski definition) is 2. The van der Waals surface area contributed by atoms with E-state index >= 15 is 0 Å². The zero-order valence-electron chi connectivity index (χ0n) is 11.8. The molecule has 0 amide bonds. The van der Waals surface area contributed by atoms with Crippen molar-refractivity contribution in [2.75, 3.05) is 7.11 Å². The summed E-state index contributed by atoms with van der Waals surface area (Å²) in [4.78, 5) is 12.4. The quantitative estimate of drug-likeness (QED) is 0.730. The lowest BCUT2D eigenvalue weighted by Gasteiger charge is -2.07. The number of imidazole rings is 1. The lowest BCUT2D eigenvalue weighted by molar-refractivity contribution is 0.412. The molecule has 3 rings (SSSR count). The molecule has 0 atom stereocenters. The summed E-state index contributed by atoms with van der Waals surface area (Å²) in [6.07, 6.45) is 0. The van der Waals surface area contributed by atoms with Crippen molar-refractivity contribution in [3.05, 3.63) is 63.0 Å². The van der Waals surface area contributed by atoms with Crippen molar-refractivity contribution in [2.24, 2.45) is 7.05 Å². The molecule has 0 unspecified atom stereocenters. The fraction of sp³-hybridized carbons (Fsp3) is 0.188. The number of hydrogen-bond donors (Lipinski definition) is 0. The van der Waals surface area contributed by atoms with Gasteiger partial charge < -0.3 is 4.74 Å². The summed E-state index contributed by atoms with van der Waals surface area (Å²) in [6.45, 7) is 0.531. The molecule has 0 saturated heterocycles. The van der Waals surface area contributed by atoms with Gasteiger partial charge in [0.25, 0.3) is 0 Å². The lowest BCUT2D eigenvalue weighted by atomic mass is 10.2. The van der Waals surface area contributed by atoms with E-state index in [2.05, 4.69) is 15.9 Å². The van der Waals surface area contributed by atoms with Gasteiger partial charge in [0.1, 0.15) is 5.75 Å². The highest BCUT2D eigenvalue weighted by Crippen LogP contribution is 2.26.